The van der Waals surface area contributed by atoms with Crippen LogP contribution in [-0.2, 0) is 0 Å². The summed E-state index contributed by atoms with van der Waals surface area (Å²) in [6.07, 6.45) is 0. The fraction of sp³-hybridized carbons (Fsp3) is 0. The molecule has 0 spiro atoms. The molecule has 0 N–H and O–H groups in total. The van der Waals surface area contributed by atoms with Crippen LogP contribution < -0.4 is 0 Å². The highest BCUT2D eigenvalue weighted by atomic mass is 15.0. The van der Waals surface area contributed by atoms with Gasteiger partial charge in [-0.3, -0.25) is 0 Å². The van der Waals surface area contributed by atoms with Gasteiger partial charge in [-0.15, -0.1) is 0 Å². The number of rotatable bonds is 8. The second-order valence-corrected chi connectivity index (χ2v) is 18.2. The summed E-state index contributed by atoms with van der Waals surface area (Å²) in [6.45, 7) is 0. The Hall–Kier alpha value is -10.7. The fourth-order valence-corrected chi connectivity index (χ4v) is 10.4. The predicted octanol–water partition coefficient (Wildman–Crippen LogP) is 15.7. The topological polar surface area (TPSA) is 120 Å². The van der Waals surface area contributed by atoms with Crippen molar-refractivity contribution in [2.75, 3.05) is 0 Å². The maximum absolute atomic E-state index is 10.0. The molecule has 13 rings (SSSR count). The molecule has 0 aliphatic heterocycles. The molecule has 74 heavy (non-hydrogen) atoms. The van der Waals surface area contributed by atoms with Gasteiger partial charge in [-0.2, -0.15) is 15.8 Å². The Morgan fingerprint density at radius 1 is 0.270 bits per heavy atom. The first-order chi connectivity index (χ1) is 36.5. The highest BCUT2D eigenvalue weighted by Crippen LogP contribution is 2.41. The molecule has 0 saturated carbocycles. The second kappa shape index (κ2) is 17.9. The van der Waals surface area contributed by atoms with Crippen LogP contribution in [-0.4, -0.2) is 24.1 Å². The smallest absolute Gasteiger partial charge is 0.164 e. The van der Waals surface area contributed by atoms with E-state index in [-0.39, 0.29) is 0 Å². The lowest BCUT2D eigenvalue weighted by atomic mass is 9.98. The van der Waals surface area contributed by atoms with Crippen LogP contribution in [0.3, 0.4) is 0 Å². The van der Waals surface area contributed by atoms with E-state index in [0.29, 0.717) is 34.2 Å². The molecule has 0 aliphatic rings. The lowest BCUT2D eigenvalue weighted by Gasteiger charge is -2.17. The molecule has 3 aromatic heterocycles. The van der Waals surface area contributed by atoms with Gasteiger partial charge in [-0.05, 0) is 101 Å². The molecule has 8 heteroatoms. The van der Waals surface area contributed by atoms with Crippen LogP contribution in [0.1, 0.15) is 16.7 Å². The van der Waals surface area contributed by atoms with Gasteiger partial charge in [-0.25, -0.2) is 15.0 Å². The minimum Gasteiger partial charge on any atom is -0.309 e. The average Bonchev–Trinajstić information content (AvgIpc) is 4.01. The van der Waals surface area contributed by atoms with Crippen LogP contribution in [0.4, 0.5) is 0 Å². The van der Waals surface area contributed by atoms with Gasteiger partial charge in [0, 0.05) is 49.4 Å². The SMILES string of the molecule is N#Cc1ccc(-c2cccc(-c3nc(-c4ccc(-c5cccc(C#N)c5)c(-n5c6ccccc6c6ccccc65)c4)nc(-c4ccc(-c5cccc(C#N)c5)c(-n5c6ccccc6c6ccccc65)c4)n3)c2)cc1. The maximum atomic E-state index is 10.0. The number of nitrogens with zero attached hydrogens (tertiary/aromatic N) is 8. The Balaban J connectivity index is 1.07. The molecule has 0 unspecified atom stereocenters. The summed E-state index contributed by atoms with van der Waals surface area (Å²) >= 11 is 0. The minimum atomic E-state index is 0.470. The minimum absolute atomic E-state index is 0.470. The number of hydrogen-bond acceptors (Lipinski definition) is 6. The Labute approximate surface area is 425 Å². The molecule has 0 fully saturated rings. The maximum Gasteiger partial charge on any atom is 0.164 e. The van der Waals surface area contributed by atoms with Crippen molar-refractivity contribution < 1.29 is 0 Å². The van der Waals surface area contributed by atoms with Gasteiger partial charge in [0.15, 0.2) is 17.5 Å². The highest BCUT2D eigenvalue weighted by Gasteiger charge is 2.22. The van der Waals surface area contributed by atoms with E-state index >= 15 is 0 Å². The Bertz CT molecular complexity index is 4190. The van der Waals surface area contributed by atoms with Gasteiger partial charge in [-0.1, -0.05) is 152 Å². The van der Waals surface area contributed by atoms with Crippen molar-refractivity contribution in [2.45, 2.75) is 0 Å². The van der Waals surface area contributed by atoms with Gasteiger partial charge < -0.3 is 9.13 Å². The van der Waals surface area contributed by atoms with E-state index in [1.165, 1.54) is 0 Å². The quantitative estimate of drug-likeness (QED) is 0.150. The lowest BCUT2D eigenvalue weighted by molar-refractivity contribution is 1.07. The molecule has 10 aromatic carbocycles. The Morgan fingerprint density at radius 3 is 1.04 bits per heavy atom. The summed E-state index contributed by atoms with van der Waals surface area (Å²) in [5, 5.41) is 34.1. The second-order valence-electron chi connectivity index (χ2n) is 18.2. The van der Waals surface area contributed by atoms with Crippen LogP contribution in [0.5, 0.6) is 0 Å². The van der Waals surface area contributed by atoms with Gasteiger partial charge in [0.1, 0.15) is 0 Å². The normalized spacial score (nSPS) is 11.2. The first-order valence-corrected chi connectivity index (χ1v) is 24.2. The van der Waals surface area contributed by atoms with Crippen molar-refractivity contribution in [1.29, 1.82) is 15.8 Å². The van der Waals surface area contributed by atoms with Crippen molar-refractivity contribution in [3.8, 4) is 97.1 Å². The van der Waals surface area contributed by atoms with E-state index in [4.69, 9.17) is 15.0 Å². The third-order valence-corrected chi connectivity index (χ3v) is 13.9. The summed E-state index contributed by atoms with van der Waals surface area (Å²) < 4.78 is 4.59. The monoisotopic (exact) mass is 942 g/mol. The van der Waals surface area contributed by atoms with Crippen molar-refractivity contribution in [2.24, 2.45) is 0 Å². The predicted molar refractivity (Wildman–Crippen MR) is 295 cm³/mol. The van der Waals surface area contributed by atoms with Crippen LogP contribution in [0.25, 0.3) is 123 Å². The van der Waals surface area contributed by atoms with Crippen molar-refractivity contribution in [1.82, 2.24) is 24.1 Å². The molecule has 0 bridgehead atoms. The number of benzene rings is 10. The third-order valence-electron chi connectivity index (χ3n) is 13.9. The molecule has 0 amide bonds. The number of hydrogen-bond donors (Lipinski definition) is 0. The first-order valence-electron chi connectivity index (χ1n) is 24.2. The zero-order valence-corrected chi connectivity index (χ0v) is 39.5. The molecular weight excluding hydrogens is 905 g/mol. The summed E-state index contributed by atoms with van der Waals surface area (Å²) in [6, 6.07) is 84.4. The van der Waals surface area contributed by atoms with Gasteiger partial charge in [0.05, 0.1) is 68.3 Å². The zero-order valence-electron chi connectivity index (χ0n) is 39.5. The molecule has 0 atom stereocenters. The van der Waals surface area contributed by atoms with E-state index in [1.807, 2.05) is 91.0 Å². The van der Waals surface area contributed by atoms with Crippen molar-refractivity contribution >= 4 is 43.6 Å². The average molecular weight is 943 g/mol. The summed E-state index contributed by atoms with van der Waals surface area (Å²) in [5.41, 5.74) is 15.6. The standard InChI is InChI=1S/C66H38N8/c67-39-42-26-28-45(29-27-42)46-14-11-17-49(36-46)64-70-65(50-30-32-52(47-15-9-12-43(34-47)40-68)62(37-50)73-58-22-5-1-18-54(58)55-19-2-6-23-59(55)73)72-66(71-64)51-31-33-53(48-16-10-13-44(35-48)41-69)63(38-51)74-60-24-7-3-20-56(60)57-21-4-8-25-61(57)74/h1-38H. The molecule has 0 radical (unpaired) electrons. The third kappa shape index (κ3) is 7.42. The first kappa shape index (κ1) is 43.3. The number of nitriles is 3. The number of para-hydroxylation sites is 4. The number of aromatic nitrogens is 5. The largest absolute Gasteiger partial charge is 0.309 e. The van der Waals surface area contributed by atoms with Gasteiger partial charge >= 0.3 is 0 Å². The molecule has 8 nitrogen and oxygen atoms in total. The molecule has 13 aromatic rings. The molecular formula is C66H38N8. The number of fused-ring (bicyclic) bond motifs is 6. The van der Waals surface area contributed by atoms with E-state index in [2.05, 4.69) is 167 Å². The zero-order chi connectivity index (χ0) is 49.7. The fourth-order valence-electron chi connectivity index (χ4n) is 10.4. The van der Waals surface area contributed by atoms with Crippen LogP contribution in [0, 0.1) is 34.0 Å². The highest BCUT2D eigenvalue weighted by molar-refractivity contribution is 6.11. The van der Waals surface area contributed by atoms with E-state index in [1.54, 1.807) is 0 Å². The van der Waals surface area contributed by atoms with E-state index in [0.717, 1.165) is 105 Å². The van der Waals surface area contributed by atoms with E-state index < -0.39 is 0 Å². The van der Waals surface area contributed by atoms with Crippen LogP contribution >= 0.6 is 0 Å². The van der Waals surface area contributed by atoms with Crippen LogP contribution in [0.15, 0.2) is 231 Å². The van der Waals surface area contributed by atoms with E-state index in [9.17, 15) is 15.8 Å². The molecule has 0 saturated heterocycles. The van der Waals surface area contributed by atoms with Gasteiger partial charge in [0.2, 0.25) is 0 Å². The van der Waals surface area contributed by atoms with Crippen molar-refractivity contribution in [3.63, 3.8) is 0 Å². The summed E-state index contributed by atoms with van der Waals surface area (Å²) in [5.74, 6) is 1.42. The van der Waals surface area contributed by atoms with Crippen molar-refractivity contribution in [3.05, 3.63) is 247 Å². The summed E-state index contributed by atoms with van der Waals surface area (Å²) in [4.78, 5) is 16.0. The summed E-state index contributed by atoms with van der Waals surface area (Å²) in [7, 11) is 0. The molecule has 0 aliphatic carbocycles. The molecule has 342 valence electrons. The molecule has 3 heterocycles. The Kier molecular flexibility index (Phi) is 10.5. The van der Waals surface area contributed by atoms with Crippen LogP contribution in [0.2, 0.25) is 0 Å². The Morgan fingerprint density at radius 2 is 0.622 bits per heavy atom. The van der Waals surface area contributed by atoms with Gasteiger partial charge in [0.25, 0.3) is 0 Å². The lowest BCUT2D eigenvalue weighted by Crippen LogP contribution is -2.03.